The number of carbonyl (C=O) groups is 1. The minimum atomic E-state index is -0.350. The van der Waals surface area contributed by atoms with Crippen LogP contribution in [-0.4, -0.2) is 92.0 Å². The van der Waals surface area contributed by atoms with Crippen LogP contribution in [0.25, 0.3) is 10.9 Å². The first kappa shape index (κ1) is 53.2. The second-order valence-corrected chi connectivity index (χ2v) is 20.0. The average molecular weight is 1050 g/mol. The van der Waals surface area contributed by atoms with E-state index in [1.54, 1.807) is 14.2 Å². The number of rotatable bonds is 18. The molecular formula is C63H65N7O8. The van der Waals surface area contributed by atoms with Gasteiger partial charge in [-0.2, -0.15) is 0 Å². The number of anilines is 2. The van der Waals surface area contributed by atoms with Crippen molar-refractivity contribution in [1.82, 2.24) is 15.3 Å². The van der Waals surface area contributed by atoms with Crippen LogP contribution in [0.3, 0.4) is 0 Å². The van der Waals surface area contributed by atoms with E-state index in [0.717, 1.165) is 119 Å². The first-order chi connectivity index (χ1) is 37.8. The molecule has 0 radical (unpaired) electrons. The number of carbonyl (C=O) groups excluding carboxylic acids is 1. The molecule has 6 aliphatic rings. The van der Waals surface area contributed by atoms with E-state index in [9.17, 15) is 9.90 Å². The zero-order valence-electron chi connectivity index (χ0n) is 45.7. The fourth-order valence-corrected chi connectivity index (χ4v) is 10.9. The summed E-state index contributed by atoms with van der Waals surface area (Å²) in [5.74, 6) is 8.43. The van der Waals surface area contributed by atoms with E-state index in [2.05, 4.69) is 97.4 Å². The molecule has 8 bridgehead atoms. The maximum atomic E-state index is 12.6. The van der Waals surface area contributed by atoms with Gasteiger partial charge in [0.1, 0.15) is 31.1 Å². The molecule has 3 atom stereocenters. The summed E-state index contributed by atoms with van der Waals surface area (Å²) in [7, 11) is 4.68. The highest BCUT2D eigenvalue weighted by Gasteiger charge is 2.41. The molecule has 15 heteroatoms. The Bertz CT molecular complexity index is 3560. The number of methoxy groups -OCH3 is 3. The van der Waals surface area contributed by atoms with Gasteiger partial charge in [-0.25, -0.2) is 24.9 Å². The first-order valence-corrected chi connectivity index (χ1v) is 26.5. The number of nitrogens with one attached hydrogen (secondary N) is 2. The molecule has 1 aromatic heterocycles. The number of ether oxygens (including phenoxy) is 6. The molecule has 0 spiro atoms. The van der Waals surface area contributed by atoms with E-state index in [1.807, 2.05) is 55.5 Å². The second-order valence-electron chi connectivity index (χ2n) is 20.0. The number of aromatic nitrogens is 2. The normalized spacial score (nSPS) is 18.8. The van der Waals surface area contributed by atoms with E-state index in [1.165, 1.54) is 13.4 Å². The summed E-state index contributed by atoms with van der Waals surface area (Å²) in [5.41, 5.74) is 17.8. The van der Waals surface area contributed by atoms with Crippen molar-refractivity contribution in [3.05, 3.63) is 175 Å². The third kappa shape index (κ3) is 10.9. The van der Waals surface area contributed by atoms with Crippen LogP contribution >= 0.6 is 0 Å². The quantitative estimate of drug-likeness (QED) is 0.0488. The van der Waals surface area contributed by atoms with Crippen molar-refractivity contribution >= 4 is 45.5 Å². The summed E-state index contributed by atoms with van der Waals surface area (Å²) in [4.78, 5) is 37.4. The minimum Gasteiger partial charge on any atom is -0.511 e. The lowest BCUT2D eigenvalue weighted by molar-refractivity contribution is -0.140. The predicted molar refractivity (Wildman–Crippen MR) is 304 cm³/mol. The van der Waals surface area contributed by atoms with E-state index in [-0.39, 0.29) is 30.3 Å². The number of aliphatic imine (C=N–C) groups is 3. The summed E-state index contributed by atoms with van der Waals surface area (Å²) < 4.78 is 34.3. The Hall–Kier alpha value is -8.16. The Morgan fingerprint density at radius 3 is 2.29 bits per heavy atom. The monoisotopic (exact) mass is 1050 g/mol. The van der Waals surface area contributed by atoms with Crippen molar-refractivity contribution in [2.75, 3.05) is 53.1 Å². The van der Waals surface area contributed by atoms with Gasteiger partial charge in [0.05, 0.1) is 72.8 Å². The van der Waals surface area contributed by atoms with Crippen LogP contribution in [-0.2, 0) is 30.3 Å². The largest absolute Gasteiger partial charge is 0.511 e. The van der Waals surface area contributed by atoms with Crippen LogP contribution < -0.4 is 20.1 Å². The van der Waals surface area contributed by atoms with E-state index in [0.29, 0.717) is 74.5 Å². The lowest BCUT2D eigenvalue weighted by atomic mass is 9.86. The Balaban J connectivity index is 0.904. The van der Waals surface area contributed by atoms with Gasteiger partial charge < -0.3 is 44.2 Å². The molecule has 0 amide bonds. The molecule has 3 N–H and O–H groups in total. The minimum absolute atomic E-state index is 0.000642. The SMILES string of the molecule is CCC1=C(C)C2=NC1=CC1=C(C)C3=C(O)CC(=C4NC(=CC5=NC(=C2)C(C(C)OCc2cccc(C#Cc6cccc(Nc7ncnc8cc(OCCOC)c(OCCOC)cc78)c6)c2)=C5C)[C@@H](C)[C@@H]4CCC(=O)OC)C3=N1. The number of allylic oxidation sites excluding steroid dienone is 11. The number of aliphatic hydroxyl groups excluding tert-OH is 1. The highest BCUT2D eigenvalue weighted by Crippen LogP contribution is 2.47. The van der Waals surface area contributed by atoms with Gasteiger partial charge in [0.25, 0.3) is 0 Å². The summed E-state index contributed by atoms with van der Waals surface area (Å²) in [6.07, 6.45) is 9.40. The van der Waals surface area contributed by atoms with Crippen molar-refractivity contribution < 1.29 is 38.3 Å². The van der Waals surface area contributed by atoms with Crippen LogP contribution in [0.4, 0.5) is 11.5 Å². The number of esters is 1. The Kier molecular flexibility index (Phi) is 15.8. The fourth-order valence-electron chi connectivity index (χ4n) is 10.9. The number of nitrogens with zero attached hydrogens (tertiary/aromatic N) is 5. The van der Waals surface area contributed by atoms with E-state index >= 15 is 0 Å². The first-order valence-electron chi connectivity index (χ1n) is 26.5. The molecule has 1 unspecified atom stereocenters. The third-order valence-electron chi connectivity index (χ3n) is 15.1. The predicted octanol–water partition coefficient (Wildman–Crippen LogP) is 11.4. The summed E-state index contributed by atoms with van der Waals surface area (Å²) in [6.45, 7) is 14.5. The van der Waals surface area contributed by atoms with Gasteiger partial charge in [0, 0.05) is 95.3 Å². The zero-order chi connectivity index (χ0) is 54.6. The van der Waals surface area contributed by atoms with Gasteiger partial charge >= 0.3 is 5.97 Å². The smallest absolute Gasteiger partial charge is 0.305 e. The molecule has 5 aliphatic heterocycles. The Morgan fingerprint density at radius 1 is 0.833 bits per heavy atom. The summed E-state index contributed by atoms with van der Waals surface area (Å²) in [6, 6.07) is 19.7. The molecule has 1 fully saturated rings. The fraction of sp³-hybridized carbons (Fsp3) is 0.333. The molecule has 400 valence electrons. The van der Waals surface area contributed by atoms with Crippen LogP contribution in [0, 0.1) is 23.7 Å². The van der Waals surface area contributed by atoms with Crippen LogP contribution in [0.5, 0.6) is 11.5 Å². The standard InChI is InChI=1S/C63H65N7O8/c1-10-44-35(2)48-31-54-59(37(4)50(68-54)29-49-36(3)45(19-20-58(72)75-9)61(69-49)47-27-55(71)60-38(5)51(70-62(47)60)30-53(44)67-48)39(6)78-33-42-15-11-13-40(25-42)17-18-41-14-12-16-43(26-41)66-63-46-28-56(76-23-21-73-7)57(77-24-22-74-8)32-52(46)64-34-65-63/h11-16,25-26,28-32,34,36,39,45,69,71H,10,19-24,27,33H2,1-9H3,(H,64,65,66)/t36-,39?,45-/m0/s1. The zero-order valence-corrected chi connectivity index (χ0v) is 45.7. The van der Waals surface area contributed by atoms with Gasteiger partial charge in [0.2, 0.25) is 0 Å². The van der Waals surface area contributed by atoms with Crippen molar-refractivity contribution in [2.45, 2.75) is 79.9 Å². The second kappa shape index (κ2) is 23.2. The summed E-state index contributed by atoms with van der Waals surface area (Å²) >= 11 is 0. The van der Waals surface area contributed by atoms with Gasteiger partial charge in [-0.1, -0.05) is 43.9 Å². The molecular weight excluding hydrogens is 983 g/mol. The number of hydrogen-bond donors (Lipinski definition) is 3. The number of benzene rings is 3. The molecule has 15 nitrogen and oxygen atoms in total. The Labute approximate surface area is 455 Å². The van der Waals surface area contributed by atoms with Gasteiger partial charge in [0.15, 0.2) is 11.5 Å². The van der Waals surface area contributed by atoms with Gasteiger partial charge in [-0.15, -0.1) is 0 Å². The van der Waals surface area contributed by atoms with Crippen molar-refractivity contribution in [3.8, 4) is 23.3 Å². The highest BCUT2D eigenvalue weighted by molar-refractivity contribution is 6.21. The maximum Gasteiger partial charge on any atom is 0.305 e. The molecule has 78 heavy (non-hydrogen) atoms. The van der Waals surface area contributed by atoms with Crippen LogP contribution in [0.1, 0.15) is 83.9 Å². The number of fused-ring (bicyclic) bond motifs is 6. The van der Waals surface area contributed by atoms with E-state index < -0.39 is 0 Å². The number of aliphatic hydroxyl groups is 1. The topological polar surface area (TPSA) is 180 Å². The number of hydrogen-bond acceptors (Lipinski definition) is 15. The molecule has 4 aromatic rings. The van der Waals surface area contributed by atoms with Crippen molar-refractivity contribution in [2.24, 2.45) is 26.8 Å². The lowest BCUT2D eigenvalue weighted by Crippen LogP contribution is -2.16. The van der Waals surface area contributed by atoms with Crippen molar-refractivity contribution in [1.29, 1.82) is 0 Å². The molecule has 10 rings (SSSR count). The van der Waals surface area contributed by atoms with Crippen LogP contribution in [0.2, 0.25) is 0 Å². The molecule has 3 aromatic carbocycles. The molecule has 1 saturated heterocycles. The third-order valence-corrected chi connectivity index (χ3v) is 15.1. The van der Waals surface area contributed by atoms with Gasteiger partial charge in [-0.3, -0.25) is 4.79 Å². The van der Waals surface area contributed by atoms with E-state index in [4.69, 9.17) is 43.4 Å². The van der Waals surface area contributed by atoms with Gasteiger partial charge in [-0.05, 0) is 123 Å². The van der Waals surface area contributed by atoms with Crippen LogP contribution in [0.15, 0.2) is 173 Å². The maximum absolute atomic E-state index is 12.6. The van der Waals surface area contributed by atoms with Crippen molar-refractivity contribution in [3.63, 3.8) is 0 Å². The molecule has 6 heterocycles. The summed E-state index contributed by atoms with van der Waals surface area (Å²) in [5, 5.41) is 19.5. The molecule has 0 saturated carbocycles. The highest BCUT2D eigenvalue weighted by atomic mass is 16.5. The Morgan fingerprint density at radius 2 is 1.55 bits per heavy atom. The molecule has 1 aliphatic carbocycles. The lowest BCUT2D eigenvalue weighted by Gasteiger charge is -2.17. The average Bonchev–Trinajstić information content (AvgIpc) is 4.42.